The summed E-state index contributed by atoms with van der Waals surface area (Å²) >= 11 is 3.43. The van der Waals surface area contributed by atoms with Crippen molar-refractivity contribution in [3.8, 4) is 0 Å². The van der Waals surface area contributed by atoms with Crippen LogP contribution in [0, 0.1) is 17.8 Å². The quantitative estimate of drug-likeness (QED) is 0.932. The first-order valence-corrected chi connectivity index (χ1v) is 7.25. The number of halogens is 1. The molecule has 5 heteroatoms. The highest BCUT2D eigenvalue weighted by Crippen LogP contribution is 2.50. The van der Waals surface area contributed by atoms with Crippen molar-refractivity contribution in [3.05, 3.63) is 10.3 Å². The standard InChI is InChI=1S/C12H19BrN4/c1-17-11(12(13)15-16-17)10(14)6-9-5-7-2-3-8(9)4-7/h7-10H,2-6,14H2,1H3. The molecule has 2 N–H and O–H groups in total. The Labute approximate surface area is 110 Å². The normalized spacial score (nSPS) is 33.2. The molecule has 0 aromatic carbocycles. The van der Waals surface area contributed by atoms with Crippen LogP contribution >= 0.6 is 15.9 Å². The van der Waals surface area contributed by atoms with Gasteiger partial charge in [-0.2, -0.15) is 0 Å². The highest BCUT2D eigenvalue weighted by molar-refractivity contribution is 9.10. The molecule has 1 heterocycles. The molecule has 2 aliphatic carbocycles. The summed E-state index contributed by atoms with van der Waals surface area (Å²) in [6.45, 7) is 0. The lowest BCUT2D eigenvalue weighted by molar-refractivity contribution is 0.292. The summed E-state index contributed by atoms with van der Waals surface area (Å²) in [7, 11) is 1.91. The minimum absolute atomic E-state index is 0.0636. The first kappa shape index (κ1) is 11.7. The molecule has 0 amide bonds. The lowest BCUT2D eigenvalue weighted by Crippen LogP contribution is -2.21. The van der Waals surface area contributed by atoms with E-state index < -0.39 is 0 Å². The van der Waals surface area contributed by atoms with Crippen LogP contribution in [0.1, 0.15) is 43.8 Å². The third-order valence-corrected chi connectivity index (χ3v) is 5.18. The highest BCUT2D eigenvalue weighted by atomic mass is 79.9. The monoisotopic (exact) mass is 298 g/mol. The second-order valence-electron chi connectivity index (χ2n) is 5.67. The summed E-state index contributed by atoms with van der Waals surface area (Å²) in [5.74, 6) is 2.75. The molecule has 1 aromatic rings. The smallest absolute Gasteiger partial charge is 0.153 e. The summed E-state index contributed by atoms with van der Waals surface area (Å²) in [5.41, 5.74) is 7.36. The first-order chi connectivity index (χ1) is 8.15. The Morgan fingerprint density at radius 3 is 2.82 bits per heavy atom. The maximum atomic E-state index is 6.32. The van der Waals surface area contributed by atoms with E-state index in [9.17, 15) is 0 Å². The molecule has 4 nitrogen and oxygen atoms in total. The Kier molecular flexibility index (Phi) is 2.99. The SMILES string of the molecule is Cn1nnc(Br)c1C(N)CC1CC2CCC1C2. The summed E-state index contributed by atoms with van der Waals surface area (Å²) in [4.78, 5) is 0. The van der Waals surface area contributed by atoms with Gasteiger partial charge in [-0.05, 0) is 59.4 Å². The van der Waals surface area contributed by atoms with Gasteiger partial charge in [-0.15, -0.1) is 5.10 Å². The van der Waals surface area contributed by atoms with Gasteiger partial charge in [0.2, 0.25) is 0 Å². The van der Waals surface area contributed by atoms with E-state index >= 15 is 0 Å². The van der Waals surface area contributed by atoms with Gasteiger partial charge in [-0.1, -0.05) is 11.6 Å². The Morgan fingerprint density at radius 1 is 1.47 bits per heavy atom. The fourth-order valence-corrected chi connectivity index (χ4v) is 4.46. The van der Waals surface area contributed by atoms with Gasteiger partial charge in [0.05, 0.1) is 5.69 Å². The zero-order chi connectivity index (χ0) is 12.0. The van der Waals surface area contributed by atoms with Gasteiger partial charge in [0, 0.05) is 13.1 Å². The molecular formula is C12H19BrN4. The molecule has 2 fully saturated rings. The van der Waals surface area contributed by atoms with E-state index in [-0.39, 0.29) is 6.04 Å². The molecule has 4 atom stereocenters. The Hall–Kier alpha value is -0.420. The van der Waals surface area contributed by atoms with Crippen molar-refractivity contribution in [1.29, 1.82) is 0 Å². The molecule has 2 aliphatic rings. The molecule has 0 radical (unpaired) electrons. The molecule has 1 aromatic heterocycles. The van der Waals surface area contributed by atoms with Crippen LogP contribution < -0.4 is 5.73 Å². The van der Waals surface area contributed by atoms with Gasteiger partial charge >= 0.3 is 0 Å². The van der Waals surface area contributed by atoms with Crippen molar-refractivity contribution in [2.24, 2.45) is 30.5 Å². The molecule has 3 rings (SSSR count). The molecule has 0 spiro atoms. The zero-order valence-electron chi connectivity index (χ0n) is 10.1. The molecule has 2 bridgehead atoms. The summed E-state index contributed by atoms with van der Waals surface area (Å²) < 4.78 is 2.60. The summed E-state index contributed by atoms with van der Waals surface area (Å²) in [6.07, 6.45) is 6.80. The number of aromatic nitrogens is 3. The number of aryl methyl sites for hydroxylation is 1. The predicted octanol–water partition coefficient (Wildman–Crippen LogP) is 2.40. The molecule has 94 valence electrons. The maximum Gasteiger partial charge on any atom is 0.153 e. The van der Waals surface area contributed by atoms with Gasteiger partial charge in [0.15, 0.2) is 4.60 Å². The minimum Gasteiger partial charge on any atom is -0.323 e. The van der Waals surface area contributed by atoms with Crippen LogP contribution in [-0.2, 0) is 7.05 Å². The van der Waals surface area contributed by atoms with Gasteiger partial charge in [-0.3, -0.25) is 0 Å². The van der Waals surface area contributed by atoms with Crippen molar-refractivity contribution in [3.63, 3.8) is 0 Å². The van der Waals surface area contributed by atoms with Gasteiger partial charge < -0.3 is 5.73 Å². The van der Waals surface area contributed by atoms with Crippen LogP contribution in [0.5, 0.6) is 0 Å². The maximum absolute atomic E-state index is 6.32. The summed E-state index contributed by atoms with van der Waals surface area (Å²) in [5, 5.41) is 8.01. The van der Waals surface area contributed by atoms with Crippen molar-refractivity contribution in [1.82, 2.24) is 15.0 Å². The lowest BCUT2D eigenvalue weighted by Gasteiger charge is -2.24. The topological polar surface area (TPSA) is 56.7 Å². The molecule has 2 saturated carbocycles. The van der Waals surface area contributed by atoms with Crippen molar-refractivity contribution in [2.75, 3.05) is 0 Å². The van der Waals surface area contributed by atoms with Crippen LogP contribution in [0.3, 0.4) is 0 Å². The van der Waals surface area contributed by atoms with E-state index in [1.165, 1.54) is 25.7 Å². The number of fused-ring (bicyclic) bond motifs is 2. The minimum atomic E-state index is 0.0636. The van der Waals surface area contributed by atoms with E-state index in [1.54, 1.807) is 4.68 Å². The van der Waals surface area contributed by atoms with Gasteiger partial charge in [-0.25, -0.2) is 4.68 Å². The number of hydrogen-bond donors (Lipinski definition) is 1. The molecular weight excluding hydrogens is 280 g/mol. The van der Waals surface area contributed by atoms with Crippen LogP contribution in [0.25, 0.3) is 0 Å². The van der Waals surface area contributed by atoms with E-state index in [1.807, 2.05) is 7.05 Å². The third-order valence-electron chi connectivity index (χ3n) is 4.62. The van der Waals surface area contributed by atoms with Crippen LogP contribution in [-0.4, -0.2) is 15.0 Å². The third kappa shape index (κ3) is 2.03. The van der Waals surface area contributed by atoms with Crippen LogP contribution in [0.2, 0.25) is 0 Å². The van der Waals surface area contributed by atoms with Crippen LogP contribution in [0.15, 0.2) is 4.60 Å². The predicted molar refractivity (Wildman–Crippen MR) is 69.2 cm³/mol. The second kappa shape index (κ2) is 4.35. The van der Waals surface area contributed by atoms with E-state index in [0.717, 1.165) is 34.5 Å². The van der Waals surface area contributed by atoms with Crippen molar-refractivity contribution < 1.29 is 0 Å². The molecule has 17 heavy (non-hydrogen) atoms. The first-order valence-electron chi connectivity index (χ1n) is 6.45. The van der Waals surface area contributed by atoms with E-state index in [0.29, 0.717) is 0 Å². The van der Waals surface area contributed by atoms with Gasteiger partial charge in [0.25, 0.3) is 0 Å². The zero-order valence-corrected chi connectivity index (χ0v) is 11.7. The number of nitrogens with two attached hydrogens (primary N) is 1. The lowest BCUT2D eigenvalue weighted by atomic mass is 9.84. The summed E-state index contributed by atoms with van der Waals surface area (Å²) in [6, 6.07) is 0.0636. The second-order valence-corrected chi connectivity index (χ2v) is 6.42. The Bertz CT molecular complexity index is 397. The number of rotatable bonds is 3. The Balaban J connectivity index is 1.69. The largest absolute Gasteiger partial charge is 0.323 e. The fourth-order valence-electron chi connectivity index (χ4n) is 3.84. The molecule has 4 unspecified atom stereocenters. The van der Waals surface area contributed by atoms with E-state index in [4.69, 9.17) is 5.73 Å². The average molecular weight is 299 g/mol. The molecule has 0 saturated heterocycles. The molecule has 0 aliphatic heterocycles. The Morgan fingerprint density at radius 2 is 2.29 bits per heavy atom. The number of hydrogen-bond acceptors (Lipinski definition) is 3. The van der Waals surface area contributed by atoms with Crippen molar-refractivity contribution >= 4 is 15.9 Å². The van der Waals surface area contributed by atoms with E-state index in [2.05, 4.69) is 26.2 Å². The number of nitrogens with zero attached hydrogens (tertiary/aromatic N) is 3. The fraction of sp³-hybridized carbons (Fsp3) is 0.833. The average Bonchev–Trinajstić information content (AvgIpc) is 2.94. The van der Waals surface area contributed by atoms with Crippen LogP contribution in [0.4, 0.5) is 0 Å². The van der Waals surface area contributed by atoms with Crippen molar-refractivity contribution in [2.45, 2.75) is 38.1 Å². The van der Waals surface area contributed by atoms with Gasteiger partial charge in [0.1, 0.15) is 0 Å². The highest BCUT2D eigenvalue weighted by Gasteiger charge is 2.40.